The van der Waals surface area contributed by atoms with Gasteiger partial charge in [0.1, 0.15) is 0 Å². The van der Waals surface area contributed by atoms with E-state index in [1.54, 1.807) is 0 Å². The van der Waals surface area contributed by atoms with Crippen LogP contribution in [0.5, 0.6) is 0 Å². The van der Waals surface area contributed by atoms with Gasteiger partial charge in [-0.2, -0.15) is 0 Å². The standard InChI is InChI=1S/C7H15N.Mo/c1-4-7(8,5-2)6-3;/h4-6H2,1-3H3;. The van der Waals surface area contributed by atoms with Gasteiger partial charge in [0.2, 0.25) is 0 Å². The van der Waals surface area contributed by atoms with Crippen LogP contribution in [0.3, 0.4) is 0 Å². The molecular formula is C7H15MoN. The van der Waals surface area contributed by atoms with Crippen molar-refractivity contribution in [2.45, 2.75) is 45.6 Å². The van der Waals surface area contributed by atoms with Gasteiger partial charge in [0.15, 0.2) is 0 Å². The molecule has 0 atom stereocenters. The first-order valence-electron chi connectivity index (χ1n) is 3.59. The first-order chi connectivity index (χ1) is 4.24. The van der Waals surface area contributed by atoms with E-state index in [2.05, 4.69) is 24.3 Å². The Bertz CT molecular complexity index is 78.7. The van der Waals surface area contributed by atoms with Gasteiger partial charge in [-0.1, -0.05) is 0 Å². The molecule has 0 unspecified atom stereocenters. The quantitative estimate of drug-likeness (QED) is 0.631. The van der Waals surface area contributed by atoms with E-state index in [0.29, 0.717) is 5.54 Å². The zero-order chi connectivity index (χ0) is 7.33. The minimum atomic E-state index is 0.296. The van der Waals surface area contributed by atoms with Crippen molar-refractivity contribution in [1.29, 1.82) is 0 Å². The van der Waals surface area contributed by atoms with E-state index in [0.717, 1.165) is 0 Å². The molecule has 2 heteroatoms. The van der Waals surface area contributed by atoms with Crippen molar-refractivity contribution in [2.75, 3.05) is 0 Å². The number of hydrogen-bond acceptors (Lipinski definition) is 1. The normalized spacial score (nSPS) is 11.4. The van der Waals surface area contributed by atoms with Crippen LogP contribution in [0.15, 0.2) is 3.50 Å². The molecule has 0 aliphatic heterocycles. The third-order valence-electron chi connectivity index (χ3n) is 2.17. The molecule has 0 spiro atoms. The summed E-state index contributed by atoms with van der Waals surface area (Å²) in [6.45, 7) is 6.63. The average molecular weight is 209 g/mol. The van der Waals surface area contributed by atoms with Crippen LogP contribution >= 0.6 is 0 Å². The maximum absolute atomic E-state index is 4.38. The fourth-order valence-corrected chi connectivity index (χ4v) is 1.90. The van der Waals surface area contributed by atoms with E-state index in [1.807, 2.05) is 19.6 Å². The summed E-state index contributed by atoms with van der Waals surface area (Å²) in [5.41, 5.74) is 0.296. The van der Waals surface area contributed by atoms with Gasteiger partial charge < -0.3 is 0 Å². The Hall–Kier alpha value is 0.488. The molecule has 0 aromatic heterocycles. The van der Waals surface area contributed by atoms with E-state index >= 15 is 0 Å². The summed E-state index contributed by atoms with van der Waals surface area (Å²) in [4.78, 5) is 0. The summed E-state index contributed by atoms with van der Waals surface area (Å²) >= 11 is 1.86. The van der Waals surface area contributed by atoms with E-state index in [1.165, 1.54) is 19.3 Å². The molecular weight excluding hydrogens is 194 g/mol. The fraction of sp³-hybridized carbons (Fsp3) is 1.00. The van der Waals surface area contributed by atoms with Crippen LogP contribution < -0.4 is 0 Å². The summed E-state index contributed by atoms with van der Waals surface area (Å²) < 4.78 is 4.38. The molecule has 9 heavy (non-hydrogen) atoms. The molecule has 0 rings (SSSR count). The van der Waals surface area contributed by atoms with E-state index < -0.39 is 0 Å². The molecule has 0 aromatic rings. The van der Waals surface area contributed by atoms with Crippen LogP contribution in [0.25, 0.3) is 0 Å². The van der Waals surface area contributed by atoms with Gasteiger partial charge in [-0.3, -0.25) is 0 Å². The number of nitrogens with zero attached hydrogens (tertiary/aromatic N) is 1. The van der Waals surface area contributed by atoms with E-state index in [4.69, 9.17) is 0 Å². The molecule has 0 bridgehead atoms. The van der Waals surface area contributed by atoms with Gasteiger partial charge in [0.25, 0.3) is 0 Å². The van der Waals surface area contributed by atoms with E-state index in [-0.39, 0.29) is 0 Å². The Labute approximate surface area is 69.0 Å². The van der Waals surface area contributed by atoms with Gasteiger partial charge in [0.05, 0.1) is 0 Å². The molecule has 0 aliphatic rings. The second-order valence-corrected chi connectivity index (χ2v) is 2.83. The second-order valence-electron chi connectivity index (χ2n) is 2.38. The predicted molar refractivity (Wildman–Crippen MR) is 36.0 cm³/mol. The van der Waals surface area contributed by atoms with Gasteiger partial charge in [-0.05, 0) is 0 Å². The monoisotopic (exact) mass is 211 g/mol. The Balaban J connectivity index is 3.98. The fourth-order valence-electron chi connectivity index (χ4n) is 0.944. The van der Waals surface area contributed by atoms with Gasteiger partial charge in [0, 0.05) is 0 Å². The minimum absolute atomic E-state index is 0.296. The summed E-state index contributed by atoms with van der Waals surface area (Å²) in [5, 5.41) is 0. The number of rotatable bonds is 4. The zero-order valence-corrected chi connectivity index (χ0v) is 8.48. The molecule has 0 N–H and O–H groups in total. The van der Waals surface area contributed by atoms with Crippen molar-refractivity contribution >= 4 is 0 Å². The third-order valence-corrected chi connectivity index (χ3v) is 3.12. The molecule has 54 valence electrons. The Morgan fingerprint density at radius 3 is 1.44 bits per heavy atom. The molecule has 0 heterocycles. The Morgan fingerprint density at radius 2 is 1.44 bits per heavy atom. The van der Waals surface area contributed by atoms with Crippen LogP contribution in [0.4, 0.5) is 0 Å². The first-order valence-corrected chi connectivity index (χ1v) is 4.49. The summed E-state index contributed by atoms with van der Waals surface area (Å²) in [6.07, 6.45) is 3.54. The van der Waals surface area contributed by atoms with Crippen molar-refractivity contribution in [3.63, 3.8) is 0 Å². The predicted octanol–water partition coefficient (Wildman–Crippen LogP) is 2.69. The van der Waals surface area contributed by atoms with Crippen LogP contribution in [-0.2, 0) is 19.6 Å². The molecule has 0 aromatic carbocycles. The van der Waals surface area contributed by atoms with Crippen LogP contribution in [0.2, 0.25) is 0 Å². The average Bonchev–Trinajstić information content (AvgIpc) is 1.95. The second kappa shape index (κ2) is 4.33. The maximum atomic E-state index is 4.38. The summed E-state index contributed by atoms with van der Waals surface area (Å²) in [6, 6.07) is 0. The van der Waals surface area contributed by atoms with Gasteiger partial charge in [-0.15, -0.1) is 0 Å². The van der Waals surface area contributed by atoms with Crippen LogP contribution in [-0.4, -0.2) is 5.54 Å². The zero-order valence-electron chi connectivity index (χ0n) is 6.48. The van der Waals surface area contributed by atoms with Gasteiger partial charge >= 0.3 is 68.7 Å². The summed E-state index contributed by atoms with van der Waals surface area (Å²) in [5.74, 6) is 0. The van der Waals surface area contributed by atoms with Crippen molar-refractivity contribution in [1.82, 2.24) is 0 Å². The topological polar surface area (TPSA) is 12.4 Å². The number of hydrogen-bond donors (Lipinski definition) is 0. The molecule has 0 radical (unpaired) electrons. The molecule has 0 saturated carbocycles. The SMILES string of the molecule is CCC(CC)(CC)[N]=[Mo]. The molecule has 0 amide bonds. The van der Waals surface area contributed by atoms with Crippen molar-refractivity contribution in [2.24, 2.45) is 3.50 Å². The van der Waals surface area contributed by atoms with Crippen LogP contribution in [0, 0.1) is 0 Å². The van der Waals surface area contributed by atoms with Crippen LogP contribution in [0.1, 0.15) is 40.0 Å². The molecule has 0 saturated heterocycles. The van der Waals surface area contributed by atoms with Crippen molar-refractivity contribution < 1.29 is 19.6 Å². The molecule has 0 aliphatic carbocycles. The van der Waals surface area contributed by atoms with Gasteiger partial charge in [-0.25, -0.2) is 0 Å². The molecule has 1 nitrogen and oxygen atoms in total. The first kappa shape index (κ1) is 9.49. The van der Waals surface area contributed by atoms with Crippen molar-refractivity contribution in [3.8, 4) is 0 Å². The Morgan fingerprint density at radius 1 is 1.11 bits per heavy atom. The van der Waals surface area contributed by atoms with Crippen molar-refractivity contribution in [3.05, 3.63) is 0 Å². The van der Waals surface area contributed by atoms with E-state index in [9.17, 15) is 0 Å². The third kappa shape index (κ3) is 2.29. The Kier molecular flexibility index (Phi) is 4.56. The summed E-state index contributed by atoms with van der Waals surface area (Å²) in [7, 11) is 0. The molecule has 0 fully saturated rings.